The zero-order valence-electron chi connectivity index (χ0n) is 13.4. The smallest absolute Gasteiger partial charge is 0.119 e. The first-order chi connectivity index (χ1) is 10.7. The fourth-order valence-corrected chi connectivity index (χ4v) is 2.45. The summed E-state index contributed by atoms with van der Waals surface area (Å²) >= 11 is 0. The highest BCUT2D eigenvalue weighted by atomic mass is 16.5. The lowest BCUT2D eigenvalue weighted by Crippen LogP contribution is -2.13. The van der Waals surface area contributed by atoms with E-state index in [-0.39, 0.29) is 0 Å². The highest BCUT2D eigenvalue weighted by molar-refractivity contribution is 5.29. The molecule has 3 nitrogen and oxygen atoms in total. The van der Waals surface area contributed by atoms with E-state index in [4.69, 9.17) is 15.2 Å². The molecule has 0 aromatic heterocycles. The number of ether oxygens (including phenoxy) is 2. The van der Waals surface area contributed by atoms with E-state index in [0.29, 0.717) is 12.5 Å². The van der Waals surface area contributed by atoms with E-state index >= 15 is 0 Å². The van der Waals surface area contributed by atoms with Gasteiger partial charge in [0.2, 0.25) is 0 Å². The van der Waals surface area contributed by atoms with Crippen LogP contribution in [-0.4, -0.2) is 20.3 Å². The topological polar surface area (TPSA) is 44.5 Å². The minimum absolute atomic E-state index is 0.368. The van der Waals surface area contributed by atoms with Crippen molar-refractivity contribution in [1.29, 1.82) is 0 Å². The molecule has 2 N–H and O–H groups in total. The van der Waals surface area contributed by atoms with E-state index in [1.165, 1.54) is 11.1 Å². The van der Waals surface area contributed by atoms with Gasteiger partial charge in [-0.3, -0.25) is 0 Å². The van der Waals surface area contributed by atoms with Gasteiger partial charge in [0, 0.05) is 0 Å². The molecule has 0 heterocycles. The van der Waals surface area contributed by atoms with Gasteiger partial charge in [0.15, 0.2) is 0 Å². The lowest BCUT2D eigenvalue weighted by Gasteiger charge is -2.16. The van der Waals surface area contributed by atoms with Gasteiger partial charge >= 0.3 is 0 Å². The first-order valence-corrected chi connectivity index (χ1v) is 7.76. The van der Waals surface area contributed by atoms with Crippen LogP contribution in [0.2, 0.25) is 0 Å². The second kappa shape index (κ2) is 8.44. The van der Waals surface area contributed by atoms with Gasteiger partial charge in [-0.25, -0.2) is 0 Å². The summed E-state index contributed by atoms with van der Waals surface area (Å²) in [5.74, 6) is 2.18. The lowest BCUT2D eigenvalue weighted by molar-refractivity contribution is 0.301. The first kappa shape index (κ1) is 16.4. The SMILES string of the molecule is COc1ccc(C(CN)CCCOc2ccc(C)cc2)cc1. The molecule has 0 saturated carbocycles. The molecule has 3 heteroatoms. The molecule has 0 spiro atoms. The second-order valence-electron chi connectivity index (χ2n) is 5.51. The number of nitrogens with two attached hydrogens (primary N) is 1. The minimum atomic E-state index is 0.368. The first-order valence-electron chi connectivity index (χ1n) is 7.76. The third kappa shape index (κ3) is 4.78. The van der Waals surface area contributed by atoms with Gasteiger partial charge in [-0.1, -0.05) is 29.8 Å². The lowest BCUT2D eigenvalue weighted by atomic mass is 9.94. The van der Waals surface area contributed by atoms with Crippen molar-refractivity contribution >= 4 is 0 Å². The van der Waals surface area contributed by atoms with Crippen LogP contribution in [0.3, 0.4) is 0 Å². The van der Waals surface area contributed by atoms with E-state index in [9.17, 15) is 0 Å². The van der Waals surface area contributed by atoms with Crippen LogP contribution in [0.1, 0.15) is 29.9 Å². The van der Waals surface area contributed by atoms with Crippen LogP contribution >= 0.6 is 0 Å². The van der Waals surface area contributed by atoms with Crippen LogP contribution in [0.15, 0.2) is 48.5 Å². The van der Waals surface area contributed by atoms with Crippen LogP contribution in [-0.2, 0) is 0 Å². The van der Waals surface area contributed by atoms with E-state index in [1.807, 2.05) is 24.3 Å². The van der Waals surface area contributed by atoms with E-state index in [2.05, 4.69) is 31.2 Å². The molecule has 0 bridgehead atoms. The van der Waals surface area contributed by atoms with Crippen molar-refractivity contribution in [3.63, 3.8) is 0 Å². The summed E-state index contributed by atoms with van der Waals surface area (Å²) in [6, 6.07) is 16.3. The maximum absolute atomic E-state index is 5.91. The molecule has 0 radical (unpaired) electrons. The molecule has 0 amide bonds. The number of hydrogen-bond acceptors (Lipinski definition) is 3. The predicted molar refractivity (Wildman–Crippen MR) is 90.7 cm³/mol. The Morgan fingerprint density at radius 2 is 1.59 bits per heavy atom. The number of methoxy groups -OCH3 is 1. The molecule has 0 aliphatic carbocycles. The molecule has 2 rings (SSSR count). The Labute approximate surface area is 133 Å². The fourth-order valence-electron chi connectivity index (χ4n) is 2.45. The summed E-state index contributed by atoms with van der Waals surface area (Å²) in [5.41, 5.74) is 8.42. The minimum Gasteiger partial charge on any atom is -0.497 e. The van der Waals surface area contributed by atoms with Crippen molar-refractivity contribution in [2.24, 2.45) is 5.73 Å². The van der Waals surface area contributed by atoms with Gasteiger partial charge in [-0.15, -0.1) is 0 Å². The molecule has 22 heavy (non-hydrogen) atoms. The Balaban J connectivity index is 1.79. The summed E-state index contributed by atoms with van der Waals surface area (Å²) < 4.78 is 11.0. The van der Waals surface area contributed by atoms with Crippen LogP contribution in [0.4, 0.5) is 0 Å². The standard InChI is InChI=1S/C19H25NO2/c1-15-5-9-19(10-6-15)22-13-3-4-17(14-20)16-7-11-18(21-2)12-8-16/h5-12,17H,3-4,13-14,20H2,1-2H3. The number of aryl methyl sites for hydroxylation is 1. The summed E-state index contributed by atoms with van der Waals surface area (Å²) in [6.45, 7) is 3.44. The molecule has 0 saturated heterocycles. The molecule has 1 unspecified atom stereocenters. The van der Waals surface area contributed by atoms with Crippen LogP contribution < -0.4 is 15.2 Å². The monoisotopic (exact) mass is 299 g/mol. The quantitative estimate of drug-likeness (QED) is 0.752. The Morgan fingerprint density at radius 3 is 2.18 bits per heavy atom. The third-order valence-corrected chi connectivity index (χ3v) is 3.86. The van der Waals surface area contributed by atoms with Crippen molar-refractivity contribution < 1.29 is 9.47 Å². The Hall–Kier alpha value is -2.00. The summed E-state index contributed by atoms with van der Waals surface area (Å²) in [7, 11) is 1.68. The predicted octanol–water partition coefficient (Wildman–Crippen LogP) is 3.91. The normalized spacial score (nSPS) is 12.0. The third-order valence-electron chi connectivity index (χ3n) is 3.86. The summed E-state index contributed by atoms with van der Waals surface area (Å²) in [5, 5.41) is 0. The van der Waals surface area contributed by atoms with Gasteiger partial charge in [-0.05, 0) is 62.1 Å². The van der Waals surface area contributed by atoms with Crippen LogP contribution in [0, 0.1) is 6.92 Å². The van der Waals surface area contributed by atoms with Crippen LogP contribution in [0.25, 0.3) is 0 Å². The number of rotatable bonds is 8. The average Bonchev–Trinajstić information content (AvgIpc) is 2.57. The van der Waals surface area contributed by atoms with Crippen LogP contribution in [0.5, 0.6) is 11.5 Å². The Morgan fingerprint density at radius 1 is 0.955 bits per heavy atom. The Kier molecular flexibility index (Phi) is 6.28. The molecule has 118 valence electrons. The number of benzene rings is 2. The molecular formula is C19H25NO2. The molecular weight excluding hydrogens is 274 g/mol. The van der Waals surface area contributed by atoms with Gasteiger partial charge in [0.1, 0.15) is 11.5 Å². The van der Waals surface area contributed by atoms with Gasteiger partial charge in [0.05, 0.1) is 13.7 Å². The van der Waals surface area contributed by atoms with Crippen molar-refractivity contribution in [1.82, 2.24) is 0 Å². The van der Waals surface area contributed by atoms with Crippen molar-refractivity contribution in [2.75, 3.05) is 20.3 Å². The molecule has 0 fully saturated rings. The zero-order valence-corrected chi connectivity index (χ0v) is 13.4. The Bertz CT molecular complexity index is 549. The fraction of sp³-hybridized carbons (Fsp3) is 0.368. The molecule has 1 atom stereocenters. The van der Waals surface area contributed by atoms with Crippen molar-refractivity contribution in [3.05, 3.63) is 59.7 Å². The van der Waals surface area contributed by atoms with Gasteiger partial charge < -0.3 is 15.2 Å². The van der Waals surface area contributed by atoms with E-state index in [0.717, 1.165) is 30.9 Å². The highest BCUT2D eigenvalue weighted by Gasteiger charge is 2.09. The second-order valence-corrected chi connectivity index (χ2v) is 5.51. The van der Waals surface area contributed by atoms with Crippen molar-refractivity contribution in [2.45, 2.75) is 25.7 Å². The molecule has 0 aliphatic rings. The molecule has 2 aromatic carbocycles. The summed E-state index contributed by atoms with van der Waals surface area (Å²) in [6.07, 6.45) is 2.01. The molecule has 0 aliphatic heterocycles. The zero-order chi connectivity index (χ0) is 15.8. The van der Waals surface area contributed by atoms with Crippen molar-refractivity contribution in [3.8, 4) is 11.5 Å². The maximum Gasteiger partial charge on any atom is 0.119 e. The van der Waals surface area contributed by atoms with E-state index < -0.39 is 0 Å². The maximum atomic E-state index is 5.91. The molecule has 2 aromatic rings. The van der Waals surface area contributed by atoms with Gasteiger partial charge in [0.25, 0.3) is 0 Å². The highest BCUT2D eigenvalue weighted by Crippen LogP contribution is 2.23. The van der Waals surface area contributed by atoms with E-state index in [1.54, 1.807) is 7.11 Å². The largest absolute Gasteiger partial charge is 0.497 e. The summed E-state index contributed by atoms with van der Waals surface area (Å²) in [4.78, 5) is 0. The average molecular weight is 299 g/mol. The number of hydrogen-bond donors (Lipinski definition) is 1. The van der Waals surface area contributed by atoms with Gasteiger partial charge in [-0.2, -0.15) is 0 Å².